The van der Waals surface area contributed by atoms with Crippen molar-refractivity contribution in [1.82, 2.24) is 19.3 Å². The van der Waals surface area contributed by atoms with E-state index in [9.17, 15) is 0 Å². The third-order valence-corrected chi connectivity index (χ3v) is 7.83. The van der Waals surface area contributed by atoms with E-state index in [0.717, 1.165) is 73.0 Å². The van der Waals surface area contributed by atoms with Crippen LogP contribution in [0.3, 0.4) is 0 Å². The summed E-state index contributed by atoms with van der Waals surface area (Å²) in [6.45, 7) is 6.86. The maximum Gasteiger partial charge on any atom is 0.141 e. The van der Waals surface area contributed by atoms with E-state index in [1.807, 2.05) is 66.3 Å². The Kier molecular flexibility index (Phi) is 6.98. The molecule has 0 spiro atoms. The number of rotatable bonds is 8. The molecule has 0 amide bonds. The second-order valence-corrected chi connectivity index (χ2v) is 10.7. The van der Waals surface area contributed by atoms with E-state index >= 15 is 0 Å². The summed E-state index contributed by atoms with van der Waals surface area (Å²) in [6.07, 6.45) is 5.73. The molecule has 0 aliphatic carbocycles. The van der Waals surface area contributed by atoms with Crippen LogP contribution in [0.4, 0.5) is 0 Å². The Hall–Kier alpha value is -5.56. The van der Waals surface area contributed by atoms with Crippen LogP contribution in [-0.4, -0.2) is 33.0 Å². The molecule has 0 unspecified atom stereocenters. The van der Waals surface area contributed by atoms with Gasteiger partial charge in [0.05, 0.1) is 36.6 Å². The average Bonchev–Trinajstić information content (AvgIpc) is 3.64. The number of aromatic nitrogens is 4. The maximum absolute atomic E-state index is 6.43. The van der Waals surface area contributed by atoms with Crippen molar-refractivity contribution in [2.45, 2.75) is 20.8 Å². The zero-order valence-electron chi connectivity index (χ0n) is 25.1. The first-order chi connectivity index (χ1) is 21.5. The predicted molar refractivity (Wildman–Crippen MR) is 175 cm³/mol. The van der Waals surface area contributed by atoms with Gasteiger partial charge in [-0.05, 0) is 86.0 Å². The van der Waals surface area contributed by atoms with Crippen LogP contribution < -0.4 is 14.2 Å². The molecule has 7 aromatic rings. The van der Waals surface area contributed by atoms with E-state index < -0.39 is 0 Å². The first kappa shape index (κ1) is 27.3. The van der Waals surface area contributed by atoms with Crippen molar-refractivity contribution in [2.75, 3.05) is 13.7 Å². The van der Waals surface area contributed by atoms with Gasteiger partial charge in [0.1, 0.15) is 28.8 Å². The van der Waals surface area contributed by atoms with Gasteiger partial charge in [-0.25, -0.2) is 9.67 Å². The average molecular weight is 581 g/mol. The van der Waals surface area contributed by atoms with Crippen molar-refractivity contribution in [3.8, 4) is 45.6 Å². The summed E-state index contributed by atoms with van der Waals surface area (Å²) in [4.78, 5) is 4.66. The smallest absolute Gasteiger partial charge is 0.141 e. The van der Waals surface area contributed by atoms with Crippen LogP contribution in [0.15, 0.2) is 110 Å². The largest absolute Gasteiger partial charge is 0.497 e. The maximum atomic E-state index is 6.43. The highest BCUT2D eigenvalue weighted by Gasteiger charge is 2.15. The van der Waals surface area contributed by atoms with Crippen molar-refractivity contribution in [3.63, 3.8) is 0 Å². The Morgan fingerprint density at radius 2 is 1.52 bits per heavy atom. The molecule has 44 heavy (non-hydrogen) atoms. The lowest BCUT2D eigenvalue weighted by Gasteiger charge is -2.12. The summed E-state index contributed by atoms with van der Waals surface area (Å²) >= 11 is 0. The van der Waals surface area contributed by atoms with E-state index in [2.05, 4.69) is 77.2 Å². The van der Waals surface area contributed by atoms with Crippen molar-refractivity contribution in [2.24, 2.45) is 0 Å². The molecule has 7 nitrogen and oxygen atoms in total. The SMILES string of the molecule is CCOc1cc(C)c(-c2cnn(-c3cccc(Oc4ccc5c6ccccc6n(-c6cc(OC)ccn6)c5c4)c3)c2)c(C)c1. The second kappa shape index (κ2) is 11.3. The van der Waals surface area contributed by atoms with Gasteiger partial charge in [-0.3, -0.25) is 4.57 Å². The Labute approximate surface area is 255 Å². The van der Waals surface area contributed by atoms with E-state index in [0.29, 0.717) is 6.61 Å². The molecule has 0 saturated carbocycles. The van der Waals surface area contributed by atoms with Crippen molar-refractivity contribution < 1.29 is 14.2 Å². The normalized spacial score (nSPS) is 11.3. The summed E-state index contributed by atoms with van der Waals surface area (Å²) in [5.74, 6) is 3.86. The zero-order valence-corrected chi connectivity index (χ0v) is 25.1. The highest BCUT2D eigenvalue weighted by Crippen LogP contribution is 2.36. The molecule has 0 saturated heterocycles. The molecule has 0 aliphatic rings. The topological polar surface area (TPSA) is 63.3 Å². The fraction of sp³-hybridized carbons (Fsp3) is 0.135. The highest BCUT2D eigenvalue weighted by molar-refractivity contribution is 6.09. The lowest BCUT2D eigenvalue weighted by molar-refractivity contribution is 0.340. The minimum Gasteiger partial charge on any atom is -0.497 e. The van der Waals surface area contributed by atoms with Crippen LogP contribution in [0, 0.1) is 13.8 Å². The third kappa shape index (κ3) is 4.92. The molecule has 0 bridgehead atoms. The van der Waals surface area contributed by atoms with Gasteiger partial charge in [0.15, 0.2) is 0 Å². The Balaban J connectivity index is 1.22. The second-order valence-electron chi connectivity index (χ2n) is 10.7. The molecule has 218 valence electrons. The number of ether oxygens (including phenoxy) is 3. The summed E-state index contributed by atoms with van der Waals surface area (Å²) < 4.78 is 21.7. The van der Waals surface area contributed by atoms with E-state index in [-0.39, 0.29) is 0 Å². The summed E-state index contributed by atoms with van der Waals surface area (Å²) in [5, 5.41) is 6.95. The fourth-order valence-corrected chi connectivity index (χ4v) is 5.96. The zero-order chi connectivity index (χ0) is 30.2. The molecular weight excluding hydrogens is 548 g/mol. The first-order valence-corrected chi connectivity index (χ1v) is 14.6. The van der Waals surface area contributed by atoms with Gasteiger partial charge < -0.3 is 14.2 Å². The van der Waals surface area contributed by atoms with E-state index in [1.165, 1.54) is 5.56 Å². The molecule has 0 radical (unpaired) electrons. The molecule has 3 aromatic heterocycles. The third-order valence-electron chi connectivity index (χ3n) is 7.83. The number of hydrogen-bond acceptors (Lipinski definition) is 5. The van der Waals surface area contributed by atoms with Crippen LogP contribution in [0.1, 0.15) is 18.1 Å². The molecule has 4 aromatic carbocycles. The summed E-state index contributed by atoms with van der Waals surface area (Å²) in [5.41, 5.74) is 7.50. The molecule has 7 heteroatoms. The van der Waals surface area contributed by atoms with Crippen molar-refractivity contribution >= 4 is 21.8 Å². The van der Waals surface area contributed by atoms with Gasteiger partial charge in [0.2, 0.25) is 0 Å². The number of methoxy groups -OCH3 is 1. The van der Waals surface area contributed by atoms with Gasteiger partial charge in [-0.2, -0.15) is 5.10 Å². The van der Waals surface area contributed by atoms with Crippen molar-refractivity contribution in [3.05, 3.63) is 121 Å². The van der Waals surface area contributed by atoms with Crippen LogP contribution in [-0.2, 0) is 0 Å². The van der Waals surface area contributed by atoms with Gasteiger partial charge in [0, 0.05) is 46.9 Å². The number of benzene rings is 4. The quantitative estimate of drug-likeness (QED) is 0.180. The summed E-state index contributed by atoms with van der Waals surface area (Å²) in [6, 6.07) is 30.4. The number of fused-ring (bicyclic) bond motifs is 3. The lowest BCUT2D eigenvalue weighted by Crippen LogP contribution is -1.98. The van der Waals surface area contributed by atoms with Crippen molar-refractivity contribution in [1.29, 1.82) is 0 Å². The lowest BCUT2D eigenvalue weighted by atomic mass is 9.98. The first-order valence-electron chi connectivity index (χ1n) is 14.6. The van der Waals surface area contributed by atoms with Crippen LogP contribution in [0.25, 0.3) is 44.4 Å². The number of para-hydroxylation sites is 1. The fourth-order valence-electron chi connectivity index (χ4n) is 5.96. The van der Waals surface area contributed by atoms with Gasteiger partial charge in [-0.15, -0.1) is 0 Å². The minimum absolute atomic E-state index is 0.644. The number of hydrogen-bond donors (Lipinski definition) is 0. The molecular formula is C37H32N4O3. The minimum atomic E-state index is 0.644. The number of pyridine rings is 1. The van der Waals surface area contributed by atoms with Gasteiger partial charge >= 0.3 is 0 Å². The predicted octanol–water partition coefficient (Wildman–Crippen LogP) is 8.85. The van der Waals surface area contributed by atoms with Crippen LogP contribution >= 0.6 is 0 Å². The molecule has 0 N–H and O–H groups in total. The Bertz CT molecular complexity index is 2120. The Morgan fingerprint density at radius 1 is 0.727 bits per heavy atom. The Morgan fingerprint density at radius 3 is 2.34 bits per heavy atom. The highest BCUT2D eigenvalue weighted by atomic mass is 16.5. The monoisotopic (exact) mass is 580 g/mol. The molecule has 0 atom stereocenters. The number of aryl methyl sites for hydroxylation is 2. The van der Waals surface area contributed by atoms with Gasteiger partial charge in [0.25, 0.3) is 0 Å². The standard InChI is InChI=1S/C37H32N4O3/c1-5-43-31-17-24(2)37(25(3)18-31)26-22-39-40(23-26)27-9-8-10-29(19-27)44-30-13-14-33-32-11-6-7-12-34(32)41(35(33)20-30)36-21-28(42-4)15-16-38-36/h6-23H,5H2,1-4H3. The van der Waals surface area contributed by atoms with E-state index in [1.54, 1.807) is 13.3 Å². The summed E-state index contributed by atoms with van der Waals surface area (Å²) in [7, 11) is 1.66. The van der Waals surface area contributed by atoms with Crippen LogP contribution in [0.5, 0.6) is 23.0 Å². The van der Waals surface area contributed by atoms with Gasteiger partial charge in [-0.1, -0.05) is 24.3 Å². The molecule has 7 rings (SSSR count). The molecule has 0 aliphatic heterocycles. The molecule has 3 heterocycles. The number of nitrogens with zero attached hydrogens (tertiary/aromatic N) is 4. The van der Waals surface area contributed by atoms with Crippen LogP contribution in [0.2, 0.25) is 0 Å². The van der Waals surface area contributed by atoms with E-state index in [4.69, 9.17) is 14.2 Å². The molecule has 0 fully saturated rings.